The molecule has 0 bridgehead atoms. The Morgan fingerprint density at radius 1 is 1.11 bits per heavy atom. The number of fused-ring (bicyclic) bond motifs is 1. The highest BCUT2D eigenvalue weighted by molar-refractivity contribution is 7.80. The van der Waals surface area contributed by atoms with Crippen LogP contribution in [0, 0.1) is 0 Å². The molecule has 36 heavy (non-hydrogen) atoms. The Hall–Kier alpha value is -2.41. The summed E-state index contributed by atoms with van der Waals surface area (Å²) in [6.45, 7) is 10.1. The number of piperidine rings is 1. The molecule has 1 aromatic heterocycles. The number of anilines is 2. The summed E-state index contributed by atoms with van der Waals surface area (Å²) in [6.07, 6.45) is 11.0. The molecular formula is C30H42N4OS. The first-order valence-corrected chi connectivity index (χ1v) is 14.2. The highest BCUT2D eigenvalue weighted by Gasteiger charge is 2.23. The monoisotopic (exact) mass is 506 g/mol. The fourth-order valence-electron chi connectivity index (χ4n) is 5.01. The van der Waals surface area contributed by atoms with E-state index < -0.39 is 0 Å². The first-order valence-electron chi connectivity index (χ1n) is 13.7. The lowest BCUT2D eigenvalue weighted by Gasteiger charge is -2.32. The Labute approximate surface area is 222 Å². The summed E-state index contributed by atoms with van der Waals surface area (Å²) in [5.41, 5.74) is 4.51. The summed E-state index contributed by atoms with van der Waals surface area (Å²) in [4.78, 5) is 12.3. The van der Waals surface area contributed by atoms with Crippen molar-refractivity contribution in [1.29, 1.82) is 0 Å². The van der Waals surface area contributed by atoms with Crippen LogP contribution < -0.4 is 10.4 Å². The number of likely N-dealkylation sites (tertiary alicyclic amines) is 1. The molecule has 5 nitrogen and oxygen atoms in total. The number of thiocarbonyl (C=S) groups is 1. The molecule has 1 atom stereocenters. The zero-order chi connectivity index (χ0) is 25.3. The van der Waals surface area contributed by atoms with Crippen LogP contribution in [0.3, 0.4) is 0 Å². The molecule has 6 heteroatoms. The Balaban J connectivity index is 1.44. The van der Waals surface area contributed by atoms with Crippen molar-refractivity contribution in [1.82, 2.24) is 9.88 Å². The Morgan fingerprint density at radius 3 is 2.61 bits per heavy atom. The highest BCUT2D eigenvalue weighted by Crippen LogP contribution is 2.34. The van der Waals surface area contributed by atoms with Crippen molar-refractivity contribution in [3.8, 4) is 0 Å². The largest absolute Gasteiger partial charge is 0.361 e. The third-order valence-corrected chi connectivity index (χ3v) is 7.62. The molecule has 3 aromatic rings. The quantitative estimate of drug-likeness (QED) is 0.157. The maximum absolute atomic E-state index is 6.18. The smallest absolute Gasteiger partial charge is 0.202 e. The summed E-state index contributed by atoms with van der Waals surface area (Å²) in [7, 11) is 0. The second-order valence-electron chi connectivity index (χ2n) is 10.1. The lowest BCUT2D eigenvalue weighted by Crippen LogP contribution is -2.37. The van der Waals surface area contributed by atoms with Crippen LogP contribution in [0.15, 0.2) is 54.7 Å². The number of aromatic nitrogens is 1. The Kier molecular flexibility index (Phi) is 9.79. The number of aromatic amines is 1. The number of rotatable bonds is 11. The second kappa shape index (κ2) is 13.2. The third kappa shape index (κ3) is 6.87. The van der Waals surface area contributed by atoms with Crippen molar-refractivity contribution in [2.24, 2.45) is 0 Å². The van der Waals surface area contributed by atoms with Crippen LogP contribution in [-0.4, -0.2) is 40.7 Å². The van der Waals surface area contributed by atoms with Crippen LogP contribution in [0.5, 0.6) is 0 Å². The van der Waals surface area contributed by atoms with Gasteiger partial charge in [0.05, 0.1) is 11.8 Å². The summed E-state index contributed by atoms with van der Waals surface area (Å²) in [6, 6.07) is 16.5. The van der Waals surface area contributed by atoms with Crippen LogP contribution in [0.25, 0.3) is 10.9 Å². The Morgan fingerprint density at radius 2 is 1.89 bits per heavy atom. The SMILES string of the molecule is CCCCCCN1CCC(c2c[nH]c3ccc(NC(=S)N(OC(C)CC)c4ccccc4)cc23)CC1. The zero-order valence-corrected chi connectivity index (χ0v) is 22.9. The van der Waals surface area contributed by atoms with E-state index in [1.165, 1.54) is 74.6 Å². The molecule has 194 valence electrons. The minimum absolute atomic E-state index is 0.0567. The van der Waals surface area contributed by atoms with Crippen LogP contribution in [0.1, 0.15) is 77.2 Å². The first kappa shape index (κ1) is 26.6. The fourth-order valence-corrected chi connectivity index (χ4v) is 5.27. The predicted octanol–water partition coefficient (Wildman–Crippen LogP) is 7.86. The zero-order valence-electron chi connectivity index (χ0n) is 22.1. The number of benzene rings is 2. The van der Waals surface area contributed by atoms with Crippen molar-refractivity contribution in [2.75, 3.05) is 30.0 Å². The molecule has 4 rings (SSSR count). The number of H-pyrrole nitrogens is 1. The van der Waals surface area contributed by atoms with Crippen LogP contribution in [0.4, 0.5) is 11.4 Å². The van der Waals surface area contributed by atoms with Gasteiger partial charge in [0.1, 0.15) is 0 Å². The van der Waals surface area contributed by atoms with Crippen LogP contribution in [0.2, 0.25) is 0 Å². The van der Waals surface area contributed by atoms with Crippen molar-refractivity contribution >= 4 is 39.6 Å². The third-order valence-electron chi connectivity index (χ3n) is 7.36. The van der Waals surface area contributed by atoms with Gasteiger partial charge in [0, 0.05) is 22.8 Å². The van der Waals surface area contributed by atoms with Crippen LogP contribution >= 0.6 is 12.2 Å². The standard InChI is InChI=1S/C30H42N4OS/c1-4-6-7-11-18-33-19-16-24(17-20-33)28-22-31-29-15-14-25(21-27(28)29)32-30(36)34(35-23(3)5-2)26-12-9-8-10-13-26/h8-10,12-15,21-24,31H,4-7,11,16-20H2,1-3H3,(H,32,36). The molecule has 1 unspecified atom stereocenters. The molecule has 1 aliphatic rings. The number of unbranched alkanes of at least 4 members (excludes halogenated alkanes) is 3. The summed E-state index contributed by atoms with van der Waals surface area (Å²) in [5.74, 6) is 0.599. The van der Waals surface area contributed by atoms with Gasteiger partial charge in [-0.1, -0.05) is 51.3 Å². The van der Waals surface area contributed by atoms with Crippen molar-refractivity contribution < 1.29 is 4.84 Å². The van der Waals surface area contributed by atoms with Gasteiger partial charge in [-0.2, -0.15) is 5.06 Å². The number of hydroxylamine groups is 1. The molecule has 1 fully saturated rings. The molecule has 0 spiro atoms. The van der Waals surface area contributed by atoms with Gasteiger partial charge in [-0.3, -0.25) is 4.84 Å². The number of nitrogens with one attached hydrogen (secondary N) is 2. The lowest BCUT2D eigenvalue weighted by molar-refractivity contribution is 0.0709. The lowest BCUT2D eigenvalue weighted by atomic mass is 9.89. The van der Waals surface area contributed by atoms with E-state index in [0.29, 0.717) is 11.0 Å². The predicted molar refractivity (Wildman–Crippen MR) is 157 cm³/mol. The average Bonchev–Trinajstić information content (AvgIpc) is 3.33. The summed E-state index contributed by atoms with van der Waals surface area (Å²) < 4.78 is 0. The van der Waals surface area contributed by atoms with E-state index in [2.05, 4.69) is 60.4 Å². The van der Waals surface area contributed by atoms with Crippen molar-refractivity contribution in [2.45, 2.75) is 77.7 Å². The molecule has 1 saturated heterocycles. The molecule has 2 N–H and O–H groups in total. The molecule has 2 heterocycles. The molecule has 0 saturated carbocycles. The highest BCUT2D eigenvalue weighted by atomic mass is 32.1. The average molecular weight is 507 g/mol. The van der Waals surface area contributed by atoms with Crippen LogP contribution in [-0.2, 0) is 4.84 Å². The van der Waals surface area contributed by atoms with Gasteiger partial charge >= 0.3 is 0 Å². The fraction of sp³-hybridized carbons (Fsp3) is 0.500. The molecular weight excluding hydrogens is 464 g/mol. The van der Waals surface area contributed by atoms with Gasteiger partial charge in [0.15, 0.2) is 0 Å². The minimum Gasteiger partial charge on any atom is -0.361 e. The first-order chi connectivity index (χ1) is 17.6. The van der Waals surface area contributed by atoms with E-state index in [-0.39, 0.29) is 6.10 Å². The Bertz CT molecular complexity index is 1090. The molecule has 0 radical (unpaired) electrons. The molecule has 0 amide bonds. The topological polar surface area (TPSA) is 43.5 Å². The number of para-hydroxylation sites is 1. The van der Waals surface area contributed by atoms with Gasteiger partial charge in [0.25, 0.3) is 0 Å². The van der Waals surface area contributed by atoms with Gasteiger partial charge in [-0.25, -0.2) is 0 Å². The minimum atomic E-state index is 0.0567. The molecule has 0 aliphatic carbocycles. The summed E-state index contributed by atoms with van der Waals surface area (Å²) in [5, 5.41) is 7.00. The van der Waals surface area contributed by atoms with E-state index in [9.17, 15) is 0 Å². The second-order valence-corrected chi connectivity index (χ2v) is 10.5. The normalized spacial score (nSPS) is 15.8. The van der Waals surface area contributed by atoms with Gasteiger partial charge in [0.2, 0.25) is 5.11 Å². The summed E-state index contributed by atoms with van der Waals surface area (Å²) >= 11 is 5.81. The van der Waals surface area contributed by atoms with Gasteiger partial charge in [-0.15, -0.1) is 0 Å². The number of hydrogen-bond donors (Lipinski definition) is 2. The van der Waals surface area contributed by atoms with E-state index in [4.69, 9.17) is 17.1 Å². The molecule has 1 aliphatic heterocycles. The van der Waals surface area contributed by atoms with Crippen molar-refractivity contribution in [3.63, 3.8) is 0 Å². The van der Waals surface area contributed by atoms with Crippen molar-refractivity contribution in [3.05, 3.63) is 60.3 Å². The van der Waals surface area contributed by atoms with E-state index in [1.807, 2.05) is 30.3 Å². The van der Waals surface area contributed by atoms with Gasteiger partial charge < -0.3 is 15.2 Å². The maximum Gasteiger partial charge on any atom is 0.202 e. The van der Waals surface area contributed by atoms with E-state index >= 15 is 0 Å². The van der Waals surface area contributed by atoms with E-state index in [1.54, 1.807) is 5.06 Å². The number of nitrogens with zero attached hydrogens (tertiary/aromatic N) is 2. The number of hydrogen-bond acceptors (Lipinski definition) is 3. The van der Waals surface area contributed by atoms with E-state index in [0.717, 1.165) is 17.8 Å². The maximum atomic E-state index is 6.18. The molecule has 2 aromatic carbocycles. The van der Waals surface area contributed by atoms with Gasteiger partial charge in [-0.05, 0) is 106 Å².